The number of furan rings is 1. The van der Waals surface area contributed by atoms with Crippen LogP contribution in [0, 0.1) is 0 Å². The molecule has 13 rings (SSSR count). The van der Waals surface area contributed by atoms with E-state index in [1.807, 2.05) is 12.1 Å². The molecule has 0 atom stereocenters. The summed E-state index contributed by atoms with van der Waals surface area (Å²) in [4.78, 5) is 2.40. The summed E-state index contributed by atoms with van der Waals surface area (Å²) in [5, 5.41) is 4.66. The van der Waals surface area contributed by atoms with Crippen LogP contribution in [-0.2, 0) is 0 Å². The van der Waals surface area contributed by atoms with Gasteiger partial charge in [0.05, 0.1) is 16.7 Å². The van der Waals surface area contributed by atoms with Crippen LogP contribution in [0.5, 0.6) is 0 Å². The van der Waals surface area contributed by atoms with Gasteiger partial charge in [-0.05, 0) is 129 Å². The highest BCUT2D eigenvalue weighted by atomic mass is 16.3. The van der Waals surface area contributed by atoms with Crippen LogP contribution >= 0.6 is 0 Å². The average molecular weight is 881 g/mol. The first-order valence-electron chi connectivity index (χ1n) is 23.6. The summed E-state index contributed by atoms with van der Waals surface area (Å²) in [5.74, 6) is 0. The van der Waals surface area contributed by atoms with E-state index in [4.69, 9.17) is 4.42 Å². The number of anilines is 3. The van der Waals surface area contributed by atoms with Gasteiger partial charge in [0.1, 0.15) is 11.2 Å². The Kier molecular flexibility index (Phi) is 9.84. The topological polar surface area (TPSA) is 21.3 Å². The summed E-state index contributed by atoms with van der Waals surface area (Å²) in [6.45, 7) is 0. The zero-order valence-electron chi connectivity index (χ0n) is 37.7. The van der Waals surface area contributed by atoms with Crippen molar-refractivity contribution in [2.45, 2.75) is 0 Å². The van der Waals surface area contributed by atoms with E-state index in [0.29, 0.717) is 0 Å². The molecule has 0 aliphatic rings. The molecule has 0 spiro atoms. The lowest BCUT2D eigenvalue weighted by molar-refractivity contribution is 0.669. The van der Waals surface area contributed by atoms with Crippen LogP contribution < -0.4 is 4.90 Å². The van der Waals surface area contributed by atoms with Crippen molar-refractivity contribution in [3.63, 3.8) is 0 Å². The second-order valence-electron chi connectivity index (χ2n) is 17.7. The number of nitrogens with zero attached hydrogens (tertiary/aromatic N) is 2. The second-order valence-corrected chi connectivity index (χ2v) is 17.7. The van der Waals surface area contributed by atoms with E-state index in [-0.39, 0.29) is 0 Å². The van der Waals surface area contributed by atoms with Crippen LogP contribution in [0.3, 0.4) is 0 Å². The molecule has 3 nitrogen and oxygen atoms in total. The smallest absolute Gasteiger partial charge is 0.135 e. The largest absolute Gasteiger partial charge is 0.456 e. The third kappa shape index (κ3) is 7.16. The summed E-state index contributed by atoms with van der Waals surface area (Å²) in [6.07, 6.45) is 0. The molecule has 0 unspecified atom stereocenters. The fourth-order valence-electron chi connectivity index (χ4n) is 10.3. The Labute approximate surface area is 401 Å². The predicted molar refractivity (Wildman–Crippen MR) is 290 cm³/mol. The molecule has 0 aliphatic carbocycles. The van der Waals surface area contributed by atoms with Gasteiger partial charge in [-0.2, -0.15) is 0 Å². The molecule has 2 heterocycles. The van der Waals surface area contributed by atoms with Crippen molar-refractivity contribution in [1.82, 2.24) is 4.57 Å². The van der Waals surface area contributed by atoms with Gasteiger partial charge in [-0.3, -0.25) is 0 Å². The summed E-state index contributed by atoms with van der Waals surface area (Å²) < 4.78 is 8.75. The SMILES string of the molecule is c1ccc(-c2ccc(N(c3ccc4oc5ccccc5c4c3)c3ccccc3-c3ccc(-c4ccc5c6ccccc6n(-c6ccccc6)c5c4)cc3-c3cccc(-c4ccccc4)c3)cc2)cc1. The van der Waals surface area contributed by atoms with E-state index in [1.54, 1.807) is 0 Å². The maximum absolute atomic E-state index is 6.36. The van der Waals surface area contributed by atoms with Crippen LogP contribution in [0.1, 0.15) is 0 Å². The molecule has 324 valence electrons. The molecule has 3 heteroatoms. The highest BCUT2D eigenvalue weighted by Crippen LogP contribution is 2.47. The van der Waals surface area contributed by atoms with Crippen LogP contribution in [-0.4, -0.2) is 4.57 Å². The maximum Gasteiger partial charge on any atom is 0.135 e. The van der Waals surface area contributed by atoms with Crippen molar-refractivity contribution < 1.29 is 4.42 Å². The van der Waals surface area contributed by atoms with Crippen molar-refractivity contribution >= 4 is 60.8 Å². The van der Waals surface area contributed by atoms with Gasteiger partial charge in [0.25, 0.3) is 0 Å². The lowest BCUT2D eigenvalue weighted by Crippen LogP contribution is -2.11. The number of benzene rings is 11. The van der Waals surface area contributed by atoms with Crippen LogP contribution in [0.15, 0.2) is 271 Å². The zero-order valence-corrected chi connectivity index (χ0v) is 37.7. The number of para-hydroxylation sites is 4. The third-order valence-electron chi connectivity index (χ3n) is 13.6. The fraction of sp³-hybridized carbons (Fsp3) is 0. The summed E-state index contributed by atoms with van der Waals surface area (Å²) in [7, 11) is 0. The van der Waals surface area contributed by atoms with Gasteiger partial charge in [0, 0.05) is 44.2 Å². The molecule has 11 aromatic carbocycles. The first-order chi connectivity index (χ1) is 34.2. The molecular weight excluding hydrogens is 837 g/mol. The number of hydrogen-bond donors (Lipinski definition) is 0. The Morgan fingerprint density at radius 2 is 0.826 bits per heavy atom. The van der Waals surface area contributed by atoms with E-state index in [0.717, 1.165) is 78.1 Å². The number of fused-ring (bicyclic) bond motifs is 6. The molecule has 2 aromatic heterocycles. The molecule has 0 fully saturated rings. The minimum absolute atomic E-state index is 0.867. The molecule has 69 heavy (non-hydrogen) atoms. The van der Waals surface area contributed by atoms with Crippen LogP contribution in [0.2, 0.25) is 0 Å². The van der Waals surface area contributed by atoms with Crippen molar-refractivity contribution in [3.8, 4) is 61.3 Å². The highest BCUT2D eigenvalue weighted by molar-refractivity contribution is 6.11. The second kappa shape index (κ2) is 16.9. The van der Waals surface area contributed by atoms with Gasteiger partial charge >= 0.3 is 0 Å². The summed E-state index contributed by atoms with van der Waals surface area (Å²) in [5.41, 5.74) is 20.0. The van der Waals surface area contributed by atoms with Crippen molar-refractivity contribution in [3.05, 3.63) is 267 Å². The maximum atomic E-state index is 6.36. The molecule has 0 bridgehead atoms. The third-order valence-corrected chi connectivity index (χ3v) is 13.6. The van der Waals surface area contributed by atoms with Gasteiger partial charge in [-0.1, -0.05) is 188 Å². The first kappa shape index (κ1) is 40.1. The Morgan fingerprint density at radius 3 is 1.64 bits per heavy atom. The van der Waals surface area contributed by atoms with Gasteiger partial charge in [-0.15, -0.1) is 0 Å². The molecule has 0 radical (unpaired) electrons. The molecular formula is C66H44N2O. The van der Waals surface area contributed by atoms with Gasteiger partial charge in [0.15, 0.2) is 0 Å². The van der Waals surface area contributed by atoms with Crippen molar-refractivity contribution in [2.24, 2.45) is 0 Å². The molecule has 0 amide bonds. The lowest BCUT2D eigenvalue weighted by atomic mass is 9.88. The molecule has 0 saturated heterocycles. The predicted octanol–water partition coefficient (Wildman–Crippen LogP) is 18.5. The first-order valence-corrected chi connectivity index (χ1v) is 23.6. The van der Waals surface area contributed by atoms with Crippen molar-refractivity contribution in [2.75, 3.05) is 4.90 Å². The minimum atomic E-state index is 0.867. The Bertz CT molecular complexity index is 4000. The minimum Gasteiger partial charge on any atom is -0.456 e. The summed E-state index contributed by atoms with van der Waals surface area (Å²) >= 11 is 0. The van der Waals surface area contributed by atoms with Crippen molar-refractivity contribution in [1.29, 1.82) is 0 Å². The standard InChI is InChI=1S/C66H44N2O/c1-4-17-45(18-5-1)47-31-35-53(36-32-47)67(54-37-40-66-61(44-54)59-27-12-15-30-65(59)69-66)62-28-13-10-25-56(62)55-38-33-49(42-60(55)51-22-16-21-48(41-51)46-19-6-2-7-20-46)50-34-39-58-57-26-11-14-29-63(57)68(64(58)43-50)52-23-8-3-9-24-52/h1-44H. The van der Waals surface area contributed by atoms with E-state index < -0.39 is 0 Å². The number of rotatable bonds is 9. The highest BCUT2D eigenvalue weighted by Gasteiger charge is 2.22. The van der Waals surface area contributed by atoms with Gasteiger partial charge in [0.2, 0.25) is 0 Å². The number of hydrogen-bond acceptors (Lipinski definition) is 2. The normalized spacial score (nSPS) is 11.5. The monoisotopic (exact) mass is 880 g/mol. The molecule has 0 N–H and O–H groups in total. The van der Waals surface area contributed by atoms with E-state index in [1.165, 1.54) is 44.1 Å². The Morgan fingerprint density at radius 1 is 0.275 bits per heavy atom. The zero-order chi connectivity index (χ0) is 45.7. The van der Waals surface area contributed by atoms with Gasteiger partial charge < -0.3 is 13.9 Å². The Balaban J connectivity index is 1.02. The number of aromatic nitrogens is 1. The Hall–Kier alpha value is -9.18. The average Bonchev–Trinajstić information content (AvgIpc) is 3.97. The molecule has 13 aromatic rings. The quantitative estimate of drug-likeness (QED) is 0.144. The molecule has 0 aliphatic heterocycles. The lowest BCUT2D eigenvalue weighted by Gasteiger charge is -2.29. The van der Waals surface area contributed by atoms with E-state index in [2.05, 4.69) is 264 Å². The van der Waals surface area contributed by atoms with Gasteiger partial charge in [-0.25, -0.2) is 0 Å². The van der Waals surface area contributed by atoms with Crippen LogP contribution in [0.25, 0.3) is 105 Å². The van der Waals surface area contributed by atoms with E-state index >= 15 is 0 Å². The fourth-order valence-corrected chi connectivity index (χ4v) is 10.3. The molecule has 0 saturated carbocycles. The van der Waals surface area contributed by atoms with Crippen LogP contribution in [0.4, 0.5) is 17.1 Å². The summed E-state index contributed by atoms with van der Waals surface area (Å²) in [6, 6.07) is 96.4. The van der Waals surface area contributed by atoms with E-state index in [9.17, 15) is 0 Å².